The maximum absolute atomic E-state index is 4.33. The Bertz CT molecular complexity index is 440. The third-order valence-electron chi connectivity index (χ3n) is 5.14. The van der Waals surface area contributed by atoms with Gasteiger partial charge in [0.15, 0.2) is 0 Å². The first-order chi connectivity index (χ1) is 9.75. The van der Waals surface area contributed by atoms with E-state index in [0.29, 0.717) is 12.1 Å². The summed E-state index contributed by atoms with van der Waals surface area (Å²) in [6.45, 7) is 6.74. The largest absolute Gasteiger partial charge is 0.365 e. The van der Waals surface area contributed by atoms with E-state index in [4.69, 9.17) is 0 Å². The van der Waals surface area contributed by atoms with Gasteiger partial charge in [-0.15, -0.1) is 0 Å². The van der Waals surface area contributed by atoms with Crippen molar-refractivity contribution in [1.82, 2.24) is 10.3 Å². The van der Waals surface area contributed by atoms with Crippen molar-refractivity contribution < 1.29 is 0 Å². The molecule has 0 spiro atoms. The number of aryl methyl sites for hydroxylation is 1. The molecule has 1 aromatic heterocycles. The Hall–Kier alpha value is -1.09. The lowest BCUT2D eigenvalue weighted by atomic mass is 9.82. The zero-order valence-corrected chi connectivity index (χ0v) is 12.8. The Morgan fingerprint density at radius 2 is 2.05 bits per heavy atom. The van der Waals surface area contributed by atoms with Crippen molar-refractivity contribution in [1.29, 1.82) is 0 Å². The molecule has 3 nitrogen and oxygen atoms in total. The van der Waals surface area contributed by atoms with Crippen LogP contribution in [0, 0.1) is 12.8 Å². The second kappa shape index (κ2) is 6.13. The van der Waals surface area contributed by atoms with Crippen LogP contribution in [0.25, 0.3) is 0 Å². The molecule has 1 saturated carbocycles. The van der Waals surface area contributed by atoms with Gasteiger partial charge in [-0.2, -0.15) is 0 Å². The van der Waals surface area contributed by atoms with Gasteiger partial charge < -0.3 is 10.2 Å². The first-order valence-electron chi connectivity index (χ1n) is 8.16. The molecule has 2 fully saturated rings. The summed E-state index contributed by atoms with van der Waals surface area (Å²) in [6.07, 6.45) is 11.0. The molecule has 3 rings (SSSR count). The SMILES string of the molecule is Cc1ccncc1N1CC(C2CCCCC2)NCC1C. The highest BCUT2D eigenvalue weighted by Crippen LogP contribution is 2.30. The maximum Gasteiger partial charge on any atom is 0.0585 e. The van der Waals surface area contributed by atoms with Gasteiger partial charge in [0, 0.05) is 31.4 Å². The molecule has 1 aromatic rings. The van der Waals surface area contributed by atoms with Crippen LogP contribution in [0.5, 0.6) is 0 Å². The van der Waals surface area contributed by atoms with Crippen molar-refractivity contribution in [2.75, 3.05) is 18.0 Å². The van der Waals surface area contributed by atoms with Crippen LogP contribution in [-0.4, -0.2) is 30.2 Å². The Labute approximate surface area is 122 Å². The summed E-state index contributed by atoms with van der Waals surface area (Å²) in [5.41, 5.74) is 2.67. The quantitative estimate of drug-likeness (QED) is 0.897. The van der Waals surface area contributed by atoms with E-state index in [1.807, 2.05) is 12.4 Å². The van der Waals surface area contributed by atoms with Crippen LogP contribution in [0.15, 0.2) is 18.5 Å². The topological polar surface area (TPSA) is 28.2 Å². The second-order valence-corrected chi connectivity index (χ2v) is 6.58. The molecule has 1 aliphatic carbocycles. The van der Waals surface area contributed by atoms with Gasteiger partial charge in [0.05, 0.1) is 11.9 Å². The van der Waals surface area contributed by atoms with Crippen LogP contribution < -0.4 is 10.2 Å². The molecular formula is C17H27N3. The van der Waals surface area contributed by atoms with Crippen molar-refractivity contribution in [2.45, 2.75) is 58.0 Å². The third kappa shape index (κ3) is 2.83. The van der Waals surface area contributed by atoms with E-state index in [1.54, 1.807) is 0 Å². The van der Waals surface area contributed by atoms with E-state index in [2.05, 4.69) is 35.1 Å². The number of piperazine rings is 1. The summed E-state index contributed by atoms with van der Waals surface area (Å²) in [6, 6.07) is 3.34. The van der Waals surface area contributed by atoms with Crippen LogP contribution in [0.1, 0.15) is 44.6 Å². The lowest BCUT2D eigenvalue weighted by Gasteiger charge is -2.44. The molecule has 1 saturated heterocycles. The van der Waals surface area contributed by atoms with E-state index in [1.165, 1.54) is 43.4 Å². The van der Waals surface area contributed by atoms with Gasteiger partial charge in [0.1, 0.15) is 0 Å². The highest BCUT2D eigenvalue weighted by molar-refractivity contribution is 5.52. The second-order valence-electron chi connectivity index (χ2n) is 6.58. The molecule has 0 aromatic carbocycles. The minimum absolute atomic E-state index is 0.553. The Balaban J connectivity index is 1.74. The van der Waals surface area contributed by atoms with Gasteiger partial charge in [-0.3, -0.25) is 4.98 Å². The van der Waals surface area contributed by atoms with E-state index in [0.717, 1.165) is 19.0 Å². The molecule has 2 heterocycles. The fraction of sp³-hybridized carbons (Fsp3) is 0.706. The van der Waals surface area contributed by atoms with Crippen LogP contribution in [0.3, 0.4) is 0 Å². The normalized spacial score (nSPS) is 28.6. The molecule has 0 amide bonds. The number of nitrogens with one attached hydrogen (secondary N) is 1. The highest BCUT2D eigenvalue weighted by atomic mass is 15.2. The summed E-state index contributed by atoms with van der Waals surface area (Å²) in [7, 11) is 0. The number of aromatic nitrogens is 1. The zero-order chi connectivity index (χ0) is 13.9. The molecular weight excluding hydrogens is 246 g/mol. The molecule has 3 heteroatoms. The van der Waals surface area contributed by atoms with Crippen molar-refractivity contribution in [3.8, 4) is 0 Å². The smallest absolute Gasteiger partial charge is 0.0585 e. The average molecular weight is 273 g/mol. The Kier molecular flexibility index (Phi) is 4.25. The zero-order valence-electron chi connectivity index (χ0n) is 12.8. The van der Waals surface area contributed by atoms with E-state index < -0.39 is 0 Å². The lowest BCUT2D eigenvalue weighted by Crippen LogP contribution is -2.58. The van der Waals surface area contributed by atoms with Gasteiger partial charge in [-0.25, -0.2) is 0 Å². The molecule has 0 bridgehead atoms. The molecule has 110 valence electrons. The minimum Gasteiger partial charge on any atom is -0.365 e. The van der Waals surface area contributed by atoms with Gasteiger partial charge in [0.2, 0.25) is 0 Å². The number of hydrogen-bond donors (Lipinski definition) is 1. The first kappa shape index (κ1) is 13.9. The van der Waals surface area contributed by atoms with Crippen LogP contribution in [0.4, 0.5) is 5.69 Å². The summed E-state index contributed by atoms with van der Waals surface area (Å²) >= 11 is 0. The van der Waals surface area contributed by atoms with E-state index in [-0.39, 0.29) is 0 Å². The van der Waals surface area contributed by atoms with Crippen LogP contribution in [0.2, 0.25) is 0 Å². The minimum atomic E-state index is 0.553. The molecule has 20 heavy (non-hydrogen) atoms. The number of hydrogen-bond acceptors (Lipinski definition) is 3. The summed E-state index contributed by atoms with van der Waals surface area (Å²) in [4.78, 5) is 6.90. The van der Waals surface area contributed by atoms with Gasteiger partial charge >= 0.3 is 0 Å². The number of anilines is 1. The third-order valence-corrected chi connectivity index (χ3v) is 5.14. The first-order valence-corrected chi connectivity index (χ1v) is 8.16. The monoisotopic (exact) mass is 273 g/mol. The van der Waals surface area contributed by atoms with Gasteiger partial charge in [-0.05, 0) is 44.2 Å². The van der Waals surface area contributed by atoms with Crippen LogP contribution in [-0.2, 0) is 0 Å². The van der Waals surface area contributed by atoms with Crippen molar-refractivity contribution in [2.24, 2.45) is 5.92 Å². The molecule has 0 radical (unpaired) electrons. The predicted molar refractivity (Wildman–Crippen MR) is 84.1 cm³/mol. The number of pyridine rings is 1. The van der Waals surface area contributed by atoms with Crippen LogP contribution >= 0.6 is 0 Å². The highest BCUT2D eigenvalue weighted by Gasteiger charge is 2.31. The number of nitrogens with zero attached hydrogens (tertiary/aromatic N) is 2. The van der Waals surface area contributed by atoms with Gasteiger partial charge in [-0.1, -0.05) is 19.3 Å². The van der Waals surface area contributed by atoms with Crippen molar-refractivity contribution in [3.63, 3.8) is 0 Å². The summed E-state index contributed by atoms with van der Waals surface area (Å²) < 4.78 is 0. The molecule has 2 unspecified atom stereocenters. The predicted octanol–water partition coefficient (Wildman–Crippen LogP) is 3.14. The molecule has 1 aliphatic heterocycles. The van der Waals surface area contributed by atoms with Crippen molar-refractivity contribution >= 4 is 5.69 Å². The Morgan fingerprint density at radius 1 is 1.25 bits per heavy atom. The fourth-order valence-electron chi connectivity index (χ4n) is 3.83. The molecule has 2 aliphatic rings. The maximum atomic E-state index is 4.33. The molecule has 2 atom stereocenters. The molecule has 1 N–H and O–H groups in total. The summed E-state index contributed by atoms with van der Waals surface area (Å²) in [5, 5.41) is 3.80. The van der Waals surface area contributed by atoms with E-state index >= 15 is 0 Å². The summed E-state index contributed by atoms with van der Waals surface area (Å²) in [5.74, 6) is 0.871. The lowest BCUT2D eigenvalue weighted by molar-refractivity contribution is 0.245. The fourth-order valence-corrected chi connectivity index (χ4v) is 3.83. The average Bonchev–Trinajstić information content (AvgIpc) is 2.49. The van der Waals surface area contributed by atoms with Crippen molar-refractivity contribution in [3.05, 3.63) is 24.0 Å². The number of rotatable bonds is 2. The van der Waals surface area contributed by atoms with E-state index in [9.17, 15) is 0 Å². The standard InChI is InChI=1S/C17H27N3/c1-13-8-9-18-11-17(13)20-12-16(19-10-14(20)2)15-6-4-3-5-7-15/h8-9,11,14-16,19H,3-7,10,12H2,1-2H3. The van der Waals surface area contributed by atoms with Gasteiger partial charge in [0.25, 0.3) is 0 Å². The Morgan fingerprint density at radius 3 is 2.80 bits per heavy atom.